The third-order valence-corrected chi connectivity index (χ3v) is 1.91. The molecule has 1 aromatic rings. The van der Waals surface area contributed by atoms with Crippen LogP contribution in [0.1, 0.15) is 22.3 Å². The van der Waals surface area contributed by atoms with Gasteiger partial charge >= 0.3 is 5.97 Å². The molecule has 0 aliphatic heterocycles. The topological polar surface area (TPSA) is 39.2 Å². The van der Waals surface area contributed by atoms with Crippen molar-refractivity contribution in [2.75, 3.05) is 7.11 Å². The standard InChI is InChI=1S/C8H5ClF3NO2/c1-15-8(14)4-5(10)3(7(11)12)2-13-6(4)9/h2,7H,1H3. The van der Waals surface area contributed by atoms with E-state index in [4.69, 9.17) is 11.6 Å². The lowest BCUT2D eigenvalue weighted by molar-refractivity contribution is 0.0593. The Hall–Kier alpha value is -1.30. The number of esters is 1. The fourth-order valence-corrected chi connectivity index (χ4v) is 1.12. The zero-order valence-corrected chi connectivity index (χ0v) is 8.19. The minimum absolute atomic E-state index is 0.510. The van der Waals surface area contributed by atoms with Crippen LogP contribution in [0.2, 0.25) is 5.15 Å². The third-order valence-electron chi connectivity index (χ3n) is 1.62. The molecule has 3 nitrogen and oxygen atoms in total. The Bertz CT molecular complexity index is 398. The van der Waals surface area contributed by atoms with Crippen LogP contribution in [0.4, 0.5) is 13.2 Å². The Balaban J connectivity index is 3.36. The number of ether oxygens (including phenoxy) is 1. The van der Waals surface area contributed by atoms with Gasteiger partial charge in [-0.1, -0.05) is 11.6 Å². The summed E-state index contributed by atoms with van der Waals surface area (Å²) in [5.74, 6) is -2.55. The van der Waals surface area contributed by atoms with Gasteiger partial charge in [0.1, 0.15) is 10.7 Å². The number of aromatic nitrogens is 1. The molecule has 0 saturated heterocycles. The number of carbonyl (C=O) groups is 1. The molecule has 0 atom stereocenters. The molecule has 0 bridgehead atoms. The average molecular weight is 240 g/mol. The molecule has 1 heterocycles. The molecule has 1 aromatic heterocycles. The van der Waals surface area contributed by atoms with Crippen LogP contribution < -0.4 is 0 Å². The van der Waals surface area contributed by atoms with Gasteiger partial charge in [0.2, 0.25) is 0 Å². The van der Waals surface area contributed by atoms with Gasteiger partial charge in [0.15, 0.2) is 5.82 Å². The van der Waals surface area contributed by atoms with Gasteiger partial charge in [-0.3, -0.25) is 0 Å². The number of halogens is 4. The first kappa shape index (κ1) is 11.8. The molecule has 0 radical (unpaired) electrons. The number of pyridine rings is 1. The number of hydrogen-bond donors (Lipinski definition) is 0. The maximum absolute atomic E-state index is 13.3. The average Bonchev–Trinajstić information content (AvgIpc) is 2.16. The maximum Gasteiger partial charge on any atom is 0.344 e. The fraction of sp³-hybridized carbons (Fsp3) is 0.250. The minimum atomic E-state index is -3.07. The molecule has 15 heavy (non-hydrogen) atoms. The van der Waals surface area contributed by atoms with Crippen molar-refractivity contribution in [3.05, 3.63) is 28.3 Å². The number of hydrogen-bond acceptors (Lipinski definition) is 3. The van der Waals surface area contributed by atoms with Gasteiger partial charge in [0.05, 0.1) is 12.7 Å². The second kappa shape index (κ2) is 4.48. The van der Waals surface area contributed by atoms with Gasteiger partial charge in [0, 0.05) is 6.20 Å². The Morgan fingerprint density at radius 1 is 1.60 bits per heavy atom. The molecule has 0 amide bonds. The third kappa shape index (κ3) is 2.20. The lowest BCUT2D eigenvalue weighted by atomic mass is 10.2. The van der Waals surface area contributed by atoms with Gasteiger partial charge in [0.25, 0.3) is 6.43 Å². The first-order chi connectivity index (χ1) is 6.99. The summed E-state index contributed by atoms with van der Waals surface area (Å²) in [4.78, 5) is 14.3. The summed E-state index contributed by atoms with van der Waals surface area (Å²) in [6.45, 7) is 0. The normalized spacial score (nSPS) is 10.5. The van der Waals surface area contributed by atoms with Crippen molar-refractivity contribution in [3.8, 4) is 0 Å². The molecule has 7 heteroatoms. The summed E-state index contributed by atoms with van der Waals surface area (Å²) in [6.07, 6.45) is -2.49. The Labute approximate surface area is 87.8 Å². The van der Waals surface area contributed by atoms with Crippen LogP contribution in [0, 0.1) is 5.82 Å². The van der Waals surface area contributed by atoms with E-state index in [1.54, 1.807) is 0 Å². The largest absolute Gasteiger partial charge is 0.465 e. The summed E-state index contributed by atoms with van der Waals surface area (Å²) in [7, 11) is 0.979. The Morgan fingerprint density at radius 3 is 2.67 bits per heavy atom. The van der Waals surface area contributed by atoms with Crippen LogP contribution in [-0.4, -0.2) is 18.1 Å². The quantitative estimate of drug-likeness (QED) is 0.588. The molecule has 82 valence electrons. The number of methoxy groups -OCH3 is 1. The van der Waals surface area contributed by atoms with E-state index in [2.05, 4.69) is 9.72 Å². The molecular weight excluding hydrogens is 235 g/mol. The second-order valence-electron chi connectivity index (χ2n) is 2.49. The predicted octanol–water partition coefficient (Wildman–Crippen LogP) is 2.60. The highest BCUT2D eigenvalue weighted by molar-refractivity contribution is 6.32. The number of nitrogens with zero attached hydrogens (tertiary/aromatic N) is 1. The Kier molecular flexibility index (Phi) is 3.52. The van der Waals surface area contributed by atoms with Gasteiger partial charge in [-0.05, 0) is 0 Å². The first-order valence-electron chi connectivity index (χ1n) is 3.69. The van der Waals surface area contributed by atoms with Crippen molar-refractivity contribution in [2.24, 2.45) is 0 Å². The molecule has 0 aromatic carbocycles. The van der Waals surface area contributed by atoms with Gasteiger partial charge in [-0.2, -0.15) is 0 Å². The van der Waals surface area contributed by atoms with Crippen LogP contribution in [0.25, 0.3) is 0 Å². The first-order valence-corrected chi connectivity index (χ1v) is 4.07. The maximum atomic E-state index is 13.3. The van der Waals surface area contributed by atoms with Crippen molar-refractivity contribution in [1.29, 1.82) is 0 Å². The van der Waals surface area contributed by atoms with Crippen molar-refractivity contribution < 1.29 is 22.7 Å². The smallest absolute Gasteiger partial charge is 0.344 e. The summed E-state index contributed by atoms with van der Waals surface area (Å²) in [5, 5.41) is -0.510. The van der Waals surface area contributed by atoms with Crippen molar-refractivity contribution in [1.82, 2.24) is 4.98 Å². The van der Waals surface area contributed by atoms with Crippen molar-refractivity contribution >= 4 is 17.6 Å². The van der Waals surface area contributed by atoms with E-state index in [1.807, 2.05) is 0 Å². The SMILES string of the molecule is COC(=O)c1c(Cl)ncc(C(F)F)c1F. The summed E-state index contributed by atoms with van der Waals surface area (Å²) < 4.78 is 42.0. The number of alkyl halides is 2. The molecule has 0 saturated carbocycles. The second-order valence-corrected chi connectivity index (χ2v) is 2.84. The summed E-state index contributed by atoms with van der Waals surface area (Å²) in [6, 6.07) is 0. The Morgan fingerprint density at radius 2 is 2.20 bits per heavy atom. The fourth-order valence-electron chi connectivity index (χ4n) is 0.910. The van der Waals surface area contributed by atoms with E-state index < -0.39 is 34.5 Å². The van der Waals surface area contributed by atoms with Crippen LogP contribution in [0.15, 0.2) is 6.20 Å². The van der Waals surface area contributed by atoms with Crippen LogP contribution in [0.3, 0.4) is 0 Å². The highest BCUT2D eigenvalue weighted by Crippen LogP contribution is 2.27. The van der Waals surface area contributed by atoms with E-state index in [0.29, 0.717) is 6.20 Å². The number of carbonyl (C=O) groups excluding carboxylic acids is 1. The lowest BCUT2D eigenvalue weighted by Crippen LogP contribution is -2.09. The zero-order valence-electron chi connectivity index (χ0n) is 7.43. The predicted molar refractivity (Wildman–Crippen MR) is 45.5 cm³/mol. The molecule has 0 fully saturated rings. The molecule has 0 N–H and O–H groups in total. The monoisotopic (exact) mass is 239 g/mol. The van der Waals surface area contributed by atoms with Crippen LogP contribution in [0.5, 0.6) is 0 Å². The van der Waals surface area contributed by atoms with Gasteiger partial charge < -0.3 is 4.74 Å². The van der Waals surface area contributed by atoms with Crippen LogP contribution >= 0.6 is 11.6 Å². The van der Waals surface area contributed by atoms with Crippen molar-refractivity contribution in [2.45, 2.75) is 6.43 Å². The van der Waals surface area contributed by atoms with E-state index in [1.165, 1.54) is 0 Å². The van der Waals surface area contributed by atoms with E-state index in [-0.39, 0.29) is 0 Å². The van der Waals surface area contributed by atoms with Gasteiger partial charge in [-0.25, -0.2) is 22.9 Å². The zero-order chi connectivity index (χ0) is 11.6. The van der Waals surface area contributed by atoms with E-state index >= 15 is 0 Å². The van der Waals surface area contributed by atoms with Crippen LogP contribution in [-0.2, 0) is 4.74 Å². The van der Waals surface area contributed by atoms with E-state index in [9.17, 15) is 18.0 Å². The lowest BCUT2D eigenvalue weighted by Gasteiger charge is -2.06. The molecular formula is C8H5ClF3NO2. The van der Waals surface area contributed by atoms with Gasteiger partial charge in [-0.15, -0.1) is 0 Å². The summed E-state index contributed by atoms with van der Waals surface area (Å²) >= 11 is 5.38. The number of rotatable bonds is 2. The molecule has 0 aliphatic carbocycles. The molecule has 0 unspecified atom stereocenters. The molecule has 0 aliphatic rings. The van der Waals surface area contributed by atoms with E-state index in [0.717, 1.165) is 7.11 Å². The molecule has 0 spiro atoms. The summed E-state index contributed by atoms with van der Waals surface area (Å²) in [5.41, 5.74) is -1.77. The van der Waals surface area contributed by atoms with Crippen molar-refractivity contribution in [3.63, 3.8) is 0 Å². The minimum Gasteiger partial charge on any atom is -0.465 e. The highest BCUT2D eigenvalue weighted by Gasteiger charge is 2.24. The molecule has 1 rings (SSSR count). The highest BCUT2D eigenvalue weighted by atomic mass is 35.5.